The second kappa shape index (κ2) is 8.20. The molecule has 0 saturated carbocycles. The minimum absolute atomic E-state index is 0.271. The van der Waals surface area contributed by atoms with E-state index in [-0.39, 0.29) is 5.56 Å². The quantitative estimate of drug-likeness (QED) is 0.565. The van der Waals surface area contributed by atoms with Crippen molar-refractivity contribution in [2.75, 3.05) is 0 Å². The van der Waals surface area contributed by atoms with E-state index in [0.29, 0.717) is 5.56 Å². The van der Waals surface area contributed by atoms with Gasteiger partial charge in [0, 0.05) is 0 Å². The van der Waals surface area contributed by atoms with Crippen molar-refractivity contribution in [2.45, 2.75) is 47.7 Å². The van der Waals surface area contributed by atoms with Crippen molar-refractivity contribution >= 4 is 0 Å². The van der Waals surface area contributed by atoms with Crippen molar-refractivity contribution in [1.29, 1.82) is 0 Å². The molecule has 0 radical (unpaired) electrons. The molecule has 0 saturated heterocycles. The molecule has 3 heteroatoms. The summed E-state index contributed by atoms with van der Waals surface area (Å²) in [5.41, 5.74) is 0.364. The lowest BCUT2D eigenvalue weighted by molar-refractivity contribution is -0.138. The highest BCUT2D eigenvalue weighted by Crippen LogP contribution is 2.31. The van der Waals surface area contributed by atoms with Gasteiger partial charge in [-0.15, -0.1) is 0 Å². The van der Waals surface area contributed by atoms with Crippen LogP contribution in [0.2, 0.25) is 0 Å². The van der Waals surface area contributed by atoms with E-state index < -0.39 is 11.7 Å². The number of benzene rings is 1. The third-order valence-corrected chi connectivity index (χ3v) is 1.70. The largest absolute Gasteiger partial charge is 0.416 e. The van der Waals surface area contributed by atoms with Gasteiger partial charge in [0.25, 0.3) is 0 Å². The highest BCUT2D eigenvalue weighted by Gasteiger charge is 2.31. The molecule has 1 aromatic carbocycles. The molecule has 0 fully saturated rings. The molecule has 94 valence electrons. The van der Waals surface area contributed by atoms with Crippen molar-refractivity contribution in [2.24, 2.45) is 0 Å². The lowest BCUT2D eigenvalue weighted by atomic mass is 10.1. The number of hydrogen-bond donors (Lipinski definition) is 0. The smallest absolute Gasteiger partial charge is 0.166 e. The van der Waals surface area contributed by atoms with Crippen molar-refractivity contribution in [3.63, 3.8) is 0 Å². The summed E-state index contributed by atoms with van der Waals surface area (Å²) in [6.07, 6.45) is -4.23. The maximum Gasteiger partial charge on any atom is 0.416 e. The topological polar surface area (TPSA) is 0 Å². The number of rotatable bonds is 0. The maximum absolute atomic E-state index is 12.2. The fourth-order valence-corrected chi connectivity index (χ4v) is 1.04. The zero-order chi connectivity index (χ0) is 13.4. The van der Waals surface area contributed by atoms with Crippen LogP contribution in [0, 0.1) is 13.8 Å². The molecule has 0 heterocycles. The average Bonchev–Trinajstić information content (AvgIpc) is 2.26. The van der Waals surface area contributed by atoms with Gasteiger partial charge in [0.15, 0.2) is 0 Å². The van der Waals surface area contributed by atoms with Gasteiger partial charge >= 0.3 is 6.18 Å². The summed E-state index contributed by atoms with van der Waals surface area (Å²) < 4.78 is 36.7. The van der Waals surface area contributed by atoms with Crippen LogP contribution < -0.4 is 0 Å². The summed E-state index contributed by atoms with van der Waals surface area (Å²) in [6.45, 7) is 11.1. The normalized spacial score (nSPS) is 9.56. The van der Waals surface area contributed by atoms with Gasteiger partial charge in [-0.3, -0.25) is 0 Å². The maximum atomic E-state index is 12.2. The third kappa shape index (κ3) is 5.79. The van der Waals surface area contributed by atoms with Crippen LogP contribution in [0.1, 0.15) is 44.4 Å². The fourth-order valence-electron chi connectivity index (χ4n) is 1.04. The summed E-state index contributed by atoms with van der Waals surface area (Å²) in [6, 6.07) is 4.32. The van der Waals surface area contributed by atoms with Crippen LogP contribution in [0.4, 0.5) is 13.2 Å². The minimum atomic E-state index is -4.23. The highest BCUT2D eigenvalue weighted by atomic mass is 19.4. The van der Waals surface area contributed by atoms with E-state index in [2.05, 4.69) is 0 Å². The second-order valence-electron chi connectivity index (χ2n) is 2.82. The third-order valence-electron chi connectivity index (χ3n) is 1.70. The highest BCUT2D eigenvalue weighted by molar-refractivity contribution is 5.32. The Balaban J connectivity index is 0. The Morgan fingerprint density at radius 2 is 1.31 bits per heavy atom. The van der Waals surface area contributed by atoms with E-state index in [9.17, 15) is 13.2 Å². The number of hydrogen-bond acceptors (Lipinski definition) is 0. The van der Waals surface area contributed by atoms with Gasteiger partial charge in [0.05, 0.1) is 5.56 Å². The van der Waals surface area contributed by atoms with Crippen molar-refractivity contribution in [1.82, 2.24) is 0 Å². The summed E-state index contributed by atoms with van der Waals surface area (Å²) >= 11 is 0. The van der Waals surface area contributed by atoms with Gasteiger partial charge in [-0.2, -0.15) is 13.2 Å². The molecule has 0 aliphatic carbocycles. The molecular weight excluding hydrogens is 213 g/mol. The van der Waals surface area contributed by atoms with E-state index in [1.165, 1.54) is 13.0 Å². The number of halogens is 3. The summed E-state index contributed by atoms with van der Waals surface area (Å²) in [5.74, 6) is 0. The van der Waals surface area contributed by atoms with Crippen LogP contribution in [0.15, 0.2) is 18.2 Å². The predicted molar refractivity (Wildman–Crippen MR) is 63.6 cm³/mol. The lowest BCUT2D eigenvalue weighted by Gasteiger charge is -2.10. The Kier molecular flexibility index (Phi) is 8.92. The molecule has 1 aromatic rings. The summed E-state index contributed by atoms with van der Waals surface area (Å²) in [7, 11) is 0. The van der Waals surface area contributed by atoms with Gasteiger partial charge in [0.1, 0.15) is 0 Å². The SMILES string of the molecule is CC.CC.Cc1ccc(C)c(C(F)(F)F)c1. The first-order valence-corrected chi connectivity index (χ1v) is 5.55. The molecule has 0 aliphatic heterocycles. The molecule has 0 aromatic heterocycles. The Morgan fingerprint density at radius 3 is 1.62 bits per heavy atom. The molecule has 0 aliphatic rings. The molecule has 1 rings (SSSR count). The fraction of sp³-hybridized carbons (Fsp3) is 0.538. The van der Waals surface area contributed by atoms with E-state index in [4.69, 9.17) is 0 Å². The van der Waals surface area contributed by atoms with Gasteiger partial charge in [-0.05, 0) is 25.5 Å². The Bertz CT molecular complexity index is 288. The molecular formula is C13H21F3. The van der Waals surface area contributed by atoms with E-state index >= 15 is 0 Å². The Morgan fingerprint density at radius 1 is 0.875 bits per heavy atom. The lowest BCUT2D eigenvalue weighted by Crippen LogP contribution is -2.07. The van der Waals surface area contributed by atoms with Gasteiger partial charge in [-0.25, -0.2) is 0 Å². The Hall–Kier alpha value is -0.990. The van der Waals surface area contributed by atoms with E-state index in [1.54, 1.807) is 13.0 Å². The van der Waals surface area contributed by atoms with Crippen LogP contribution in [-0.4, -0.2) is 0 Å². The van der Waals surface area contributed by atoms with Gasteiger partial charge in [0.2, 0.25) is 0 Å². The van der Waals surface area contributed by atoms with Crippen molar-refractivity contribution in [3.05, 3.63) is 34.9 Å². The number of alkyl halides is 3. The van der Waals surface area contributed by atoms with Gasteiger partial charge in [-0.1, -0.05) is 45.4 Å². The molecule has 0 bridgehead atoms. The van der Waals surface area contributed by atoms with Crippen LogP contribution >= 0.6 is 0 Å². The standard InChI is InChI=1S/C9H9F3.2C2H6/c1-6-3-4-7(2)8(5-6)9(10,11)12;2*1-2/h3-5H,1-2H3;2*1-2H3. The van der Waals surface area contributed by atoms with Crippen LogP contribution in [0.25, 0.3) is 0 Å². The average molecular weight is 234 g/mol. The summed E-state index contributed by atoms with van der Waals surface area (Å²) in [4.78, 5) is 0. The summed E-state index contributed by atoms with van der Waals surface area (Å²) in [5, 5.41) is 0. The molecule has 0 spiro atoms. The molecule has 0 atom stereocenters. The van der Waals surface area contributed by atoms with E-state index in [0.717, 1.165) is 6.07 Å². The minimum Gasteiger partial charge on any atom is -0.166 e. The first-order valence-electron chi connectivity index (χ1n) is 5.55. The first kappa shape index (κ1) is 17.4. The number of aryl methyl sites for hydroxylation is 2. The predicted octanol–water partition coefficient (Wildman–Crippen LogP) is 5.37. The molecule has 0 N–H and O–H groups in total. The van der Waals surface area contributed by atoms with Crippen LogP contribution in [0.3, 0.4) is 0 Å². The molecule has 16 heavy (non-hydrogen) atoms. The van der Waals surface area contributed by atoms with Crippen molar-refractivity contribution in [3.8, 4) is 0 Å². The molecule has 0 amide bonds. The zero-order valence-electron chi connectivity index (χ0n) is 10.9. The Labute approximate surface area is 96.5 Å². The zero-order valence-corrected chi connectivity index (χ0v) is 10.9. The molecule has 0 unspecified atom stereocenters. The van der Waals surface area contributed by atoms with E-state index in [1.807, 2.05) is 27.7 Å². The monoisotopic (exact) mass is 234 g/mol. The second-order valence-corrected chi connectivity index (χ2v) is 2.82. The van der Waals surface area contributed by atoms with Crippen LogP contribution in [0.5, 0.6) is 0 Å². The van der Waals surface area contributed by atoms with Gasteiger partial charge < -0.3 is 0 Å². The van der Waals surface area contributed by atoms with Crippen LogP contribution in [-0.2, 0) is 6.18 Å². The first-order chi connectivity index (χ1) is 7.41. The van der Waals surface area contributed by atoms with Crippen molar-refractivity contribution < 1.29 is 13.2 Å². The molecule has 0 nitrogen and oxygen atoms in total.